The van der Waals surface area contributed by atoms with Crippen molar-refractivity contribution in [3.63, 3.8) is 0 Å². The van der Waals surface area contributed by atoms with Gasteiger partial charge in [0.2, 0.25) is 0 Å². The lowest BCUT2D eigenvalue weighted by Crippen LogP contribution is -2.16. The predicted molar refractivity (Wildman–Crippen MR) is 65.9 cm³/mol. The first-order valence-electron chi connectivity index (χ1n) is 5.52. The topological polar surface area (TPSA) is 52.3 Å². The Labute approximate surface area is 99.6 Å². The van der Waals surface area contributed by atoms with Gasteiger partial charge in [0, 0.05) is 0 Å². The zero-order chi connectivity index (χ0) is 11.9. The van der Waals surface area contributed by atoms with Gasteiger partial charge in [-0.3, -0.25) is 0 Å². The third kappa shape index (κ3) is 1.94. The van der Waals surface area contributed by atoms with Gasteiger partial charge in [-0.15, -0.1) is 11.3 Å². The van der Waals surface area contributed by atoms with Crippen LogP contribution in [0.15, 0.2) is 5.38 Å². The van der Waals surface area contributed by atoms with Gasteiger partial charge in [-0.2, -0.15) is 0 Å². The zero-order valence-electron chi connectivity index (χ0n) is 9.87. The van der Waals surface area contributed by atoms with Gasteiger partial charge < -0.3 is 10.5 Å². The number of ether oxygens (including phenoxy) is 1. The molecule has 0 radical (unpaired) electrons. The summed E-state index contributed by atoms with van der Waals surface area (Å²) in [5.74, 6) is -0.281. The Morgan fingerprint density at radius 3 is 2.69 bits per heavy atom. The minimum atomic E-state index is -0.281. The predicted octanol–water partition coefficient (Wildman–Crippen LogP) is 2.95. The van der Waals surface area contributed by atoms with E-state index >= 15 is 0 Å². The lowest BCUT2D eigenvalue weighted by Gasteiger charge is -2.12. The summed E-state index contributed by atoms with van der Waals surface area (Å²) >= 11 is 1.43. The van der Waals surface area contributed by atoms with E-state index in [1.807, 2.05) is 19.2 Å². The van der Waals surface area contributed by atoms with Crippen molar-refractivity contribution in [3.05, 3.63) is 16.5 Å². The first-order valence-corrected chi connectivity index (χ1v) is 6.40. The molecule has 3 nitrogen and oxygen atoms in total. The van der Waals surface area contributed by atoms with Crippen molar-refractivity contribution in [2.24, 2.45) is 0 Å². The van der Waals surface area contributed by atoms with E-state index in [1.54, 1.807) is 0 Å². The van der Waals surface area contributed by atoms with Gasteiger partial charge >= 0.3 is 5.97 Å². The van der Waals surface area contributed by atoms with Crippen LogP contribution in [0.5, 0.6) is 0 Å². The molecule has 0 spiro atoms. The number of nitrogens with two attached hydrogens (primary N) is 1. The molecule has 1 aromatic rings. The third-order valence-electron chi connectivity index (χ3n) is 3.02. The fourth-order valence-corrected chi connectivity index (χ4v) is 2.72. The summed E-state index contributed by atoms with van der Waals surface area (Å²) < 4.78 is 5.23. The molecule has 1 aliphatic carbocycles. The molecule has 16 heavy (non-hydrogen) atoms. The SMILES string of the molecule is CC(C)OC(=O)c1c(C2(C)CC2)csc1N. The number of rotatable bonds is 3. The number of nitrogen functional groups attached to an aromatic ring is 1. The molecule has 0 bridgehead atoms. The summed E-state index contributed by atoms with van der Waals surface area (Å²) in [6, 6.07) is 0. The second-order valence-corrected chi connectivity index (χ2v) is 5.81. The van der Waals surface area contributed by atoms with E-state index in [0.29, 0.717) is 10.6 Å². The van der Waals surface area contributed by atoms with E-state index in [2.05, 4.69) is 6.92 Å². The molecular formula is C12H17NO2S. The maximum Gasteiger partial charge on any atom is 0.341 e. The van der Waals surface area contributed by atoms with Gasteiger partial charge in [-0.1, -0.05) is 6.92 Å². The van der Waals surface area contributed by atoms with Crippen LogP contribution in [-0.2, 0) is 10.2 Å². The molecule has 0 amide bonds. The Bertz CT molecular complexity index is 419. The van der Waals surface area contributed by atoms with E-state index in [1.165, 1.54) is 11.3 Å². The molecule has 88 valence electrons. The molecule has 1 heterocycles. The van der Waals surface area contributed by atoms with E-state index < -0.39 is 0 Å². The summed E-state index contributed by atoms with van der Waals surface area (Å²) in [7, 11) is 0. The molecule has 0 saturated heterocycles. The first kappa shape index (κ1) is 11.5. The highest BCUT2D eigenvalue weighted by Crippen LogP contribution is 2.51. The first-order chi connectivity index (χ1) is 7.44. The van der Waals surface area contributed by atoms with Gasteiger partial charge in [0.25, 0.3) is 0 Å². The highest BCUT2D eigenvalue weighted by Gasteiger charge is 2.43. The van der Waals surface area contributed by atoms with Crippen LogP contribution in [0.1, 0.15) is 49.5 Å². The highest BCUT2D eigenvalue weighted by molar-refractivity contribution is 7.14. The lowest BCUT2D eigenvalue weighted by atomic mass is 9.97. The molecule has 0 aliphatic heterocycles. The second-order valence-electron chi connectivity index (χ2n) is 4.90. The van der Waals surface area contributed by atoms with Crippen molar-refractivity contribution in [2.45, 2.75) is 45.1 Å². The molecule has 1 fully saturated rings. The van der Waals surface area contributed by atoms with Crippen LogP contribution in [0, 0.1) is 0 Å². The Morgan fingerprint density at radius 1 is 1.56 bits per heavy atom. The van der Waals surface area contributed by atoms with Crippen molar-refractivity contribution < 1.29 is 9.53 Å². The van der Waals surface area contributed by atoms with Crippen LogP contribution in [0.25, 0.3) is 0 Å². The van der Waals surface area contributed by atoms with Gasteiger partial charge in [0.1, 0.15) is 5.00 Å². The molecule has 2 N–H and O–H groups in total. The van der Waals surface area contributed by atoms with Gasteiger partial charge in [0.05, 0.1) is 11.7 Å². The van der Waals surface area contributed by atoms with E-state index in [0.717, 1.165) is 18.4 Å². The van der Waals surface area contributed by atoms with Crippen LogP contribution in [0.4, 0.5) is 5.00 Å². The quantitative estimate of drug-likeness (QED) is 0.825. The van der Waals surface area contributed by atoms with Gasteiger partial charge in [-0.25, -0.2) is 4.79 Å². The van der Waals surface area contributed by atoms with Gasteiger partial charge in [-0.05, 0) is 43.0 Å². The third-order valence-corrected chi connectivity index (χ3v) is 3.83. The highest BCUT2D eigenvalue weighted by atomic mass is 32.1. The zero-order valence-corrected chi connectivity index (χ0v) is 10.7. The number of anilines is 1. The summed E-state index contributed by atoms with van der Waals surface area (Å²) in [5, 5.41) is 2.58. The molecule has 0 unspecified atom stereocenters. The number of carbonyl (C=O) groups excluding carboxylic acids is 1. The molecular weight excluding hydrogens is 222 g/mol. The molecule has 1 aromatic heterocycles. The Kier molecular flexibility index (Phi) is 2.70. The van der Waals surface area contributed by atoms with E-state index in [4.69, 9.17) is 10.5 Å². The van der Waals surface area contributed by atoms with Crippen molar-refractivity contribution in [3.8, 4) is 0 Å². The van der Waals surface area contributed by atoms with Crippen molar-refractivity contribution >= 4 is 22.3 Å². The minimum absolute atomic E-state index is 0.105. The molecule has 2 rings (SSSR count). The number of thiophene rings is 1. The largest absolute Gasteiger partial charge is 0.459 e. The Hall–Kier alpha value is -1.03. The normalized spacial score (nSPS) is 17.5. The summed E-state index contributed by atoms with van der Waals surface area (Å²) in [6.45, 7) is 5.86. The standard InChI is InChI=1S/C12H17NO2S/c1-7(2)15-11(14)9-8(6-16-10(9)13)12(3)4-5-12/h6-7H,4-5,13H2,1-3H3. The summed E-state index contributed by atoms with van der Waals surface area (Å²) in [6.07, 6.45) is 2.16. The maximum atomic E-state index is 11.9. The smallest absolute Gasteiger partial charge is 0.341 e. The van der Waals surface area contributed by atoms with Crippen LogP contribution < -0.4 is 5.73 Å². The number of carbonyl (C=O) groups is 1. The van der Waals surface area contributed by atoms with Gasteiger partial charge in [0.15, 0.2) is 0 Å². The summed E-state index contributed by atoms with van der Waals surface area (Å²) in [5.41, 5.74) is 7.68. The van der Waals surface area contributed by atoms with Crippen LogP contribution in [-0.4, -0.2) is 12.1 Å². The van der Waals surface area contributed by atoms with Crippen molar-refractivity contribution in [2.75, 3.05) is 5.73 Å². The van der Waals surface area contributed by atoms with E-state index in [9.17, 15) is 4.79 Å². The number of esters is 1. The monoisotopic (exact) mass is 239 g/mol. The molecule has 1 aliphatic rings. The molecule has 0 aromatic carbocycles. The lowest BCUT2D eigenvalue weighted by molar-refractivity contribution is 0.0378. The average molecular weight is 239 g/mol. The average Bonchev–Trinajstić information content (AvgIpc) is 2.76. The number of hydrogen-bond donors (Lipinski definition) is 1. The maximum absolute atomic E-state index is 11.9. The fraction of sp³-hybridized carbons (Fsp3) is 0.583. The number of hydrogen-bond acceptors (Lipinski definition) is 4. The van der Waals surface area contributed by atoms with Crippen LogP contribution >= 0.6 is 11.3 Å². The summed E-state index contributed by atoms with van der Waals surface area (Å²) in [4.78, 5) is 11.9. The van der Waals surface area contributed by atoms with Crippen LogP contribution in [0.2, 0.25) is 0 Å². The fourth-order valence-electron chi connectivity index (χ4n) is 1.76. The molecule has 4 heteroatoms. The Balaban J connectivity index is 2.32. The molecule has 1 saturated carbocycles. The van der Waals surface area contributed by atoms with Crippen molar-refractivity contribution in [1.82, 2.24) is 0 Å². The minimum Gasteiger partial charge on any atom is -0.459 e. The van der Waals surface area contributed by atoms with Crippen LogP contribution in [0.3, 0.4) is 0 Å². The Morgan fingerprint density at radius 2 is 2.19 bits per heavy atom. The van der Waals surface area contributed by atoms with E-state index in [-0.39, 0.29) is 17.5 Å². The molecule has 0 atom stereocenters. The van der Waals surface area contributed by atoms with Crippen molar-refractivity contribution in [1.29, 1.82) is 0 Å². The second kappa shape index (κ2) is 3.77.